The third-order valence-corrected chi connectivity index (χ3v) is 4.71. The molecular formula is C21H33N3O6. The lowest BCUT2D eigenvalue weighted by molar-refractivity contribution is -0.00984. The van der Waals surface area contributed by atoms with Gasteiger partial charge in [-0.3, -0.25) is 14.7 Å². The molecule has 0 spiro atoms. The lowest BCUT2D eigenvalue weighted by Gasteiger charge is -2.23. The van der Waals surface area contributed by atoms with Crippen LogP contribution in [0.3, 0.4) is 0 Å². The zero-order valence-electron chi connectivity index (χ0n) is 19.3. The highest BCUT2D eigenvalue weighted by Gasteiger charge is 2.26. The van der Waals surface area contributed by atoms with E-state index in [1.807, 2.05) is 0 Å². The van der Waals surface area contributed by atoms with Crippen LogP contribution in [0.15, 0.2) is 18.2 Å². The monoisotopic (exact) mass is 423 g/mol. The molecule has 168 valence electrons. The van der Waals surface area contributed by atoms with Crippen LogP contribution < -0.4 is 0 Å². The van der Waals surface area contributed by atoms with Crippen molar-refractivity contribution in [1.29, 1.82) is 0 Å². The van der Waals surface area contributed by atoms with E-state index < -0.39 is 36.6 Å². The normalized spacial score (nSPS) is 14.4. The van der Waals surface area contributed by atoms with E-state index in [1.54, 1.807) is 77.8 Å². The first-order chi connectivity index (χ1) is 13.8. The van der Waals surface area contributed by atoms with Crippen molar-refractivity contribution in [2.75, 3.05) is 42.3 Å². The summed E-state index contributed by atoms with van der Waals surface area (Å²) in [6.07, 6.45) is -1.51. The fourth-order valence-electron chi connectivity index (χ4n) is 1.99. The summed E-state index contributed by atoms with van der Waals surface area (Å²) in [6, 6.07) is 4.10. The van der Waals surface area contributed by atoms with Gasteiger partial charge in [0, 0.05) is 0 Å². The van der Waals surface area contributed by atoms with Crippen molar-refractivity contribution >= 4 is 17.9 Å². The molecule has 1 aromatic carbocycles. The molecule has 0 aliphatic heterocycles. The van der Waals surface area contributed by atoms with E-state index in [0.717, 1.165) is 0 Å². The van der Waals surface area contributed by atoms with Gasteiger partial charge in [-0.05, 0) is 81.3 Å². The van der Waals surface area contributed by atoms with Gasteiger partial charge in [-0.25, -0.2) is 14.4 Å². The Kier molecular flexibility index (Phi) is 9.41. The van der Waals surface area contributed by atoms with Crippen LogP contribution in [0.4, 0.5) is 0 Å². The second kappa shape index (κ2) is 11.1. The topological polar surface area (TPSA) is 88.6 Å². The molecule has 0 N–H and O–H groups in total. The van der Waals surface area contributed by atoms with Crippen molar-refractivity contribution in [2.24, 2.45) is 0 Å². The summed E-state index contributed by atoms with van der Waals surface area (Å²) < 4.78 is 16.1. The highest BCUT2D eigenvalue weighted by molar-refractivity contribution is 6.05. The smallest absolute Gasteiger partial charge is 0.340 e. The minimum Gasteiger partial charge on any atom is -0.443 e. The SMILES string of the molecule is CC(OC(=O)c1ccc(C(=O)OC(C)N(C)C)c(C(=O)OC(C)N(C)C)c1)N(C)C. The zero-order chi connectivity index (χ0) is 23.2. The average molecular weight is 424 g/mol. The lowest BCUT2D eigenvalue weighted by Crippen LogP contribution is -2.32. The first-order valence-electron chi connectivity index (χ1n) is 9.61. The van der Waals surface area contributed by atoms with Crippen LogP contribution in [0, 0.1) is 0 Å². The maximum absolute atomic E-state index is 12.8. The molecule has 0 aromatic heterocycles. The first kappa shape index (κ1) is 25.5. The van der Waals surface area contributed by atoms with Gasteiger partial charge in [0.1, 0.15) is 0 Å². The Morgan fingerprint density at radius 1 is 0.633 bits per heavy atom. The summed E-state index contributed by atoms with van der Waals surface area (Å²) in [4.78, 5) is 43.1. The summed E-state index contributed by atoms with van der Waals surface area (Å²) in [6.45, 7) is 5.12. The summed E-state index contributed by atoms with van der Waals surface area (Å²) in [5.74, 6) is -2.05. The lowest BCUT2D eigenvalue weighted by atomic mass is 10.0. The Morgan fingerprint density at radius 2 is 1.00 bits per heavy atom. The van der Waals surface area contributed by atoms with Crippen molar-refractivity contribution in [3.8, 4) is 0 Å². The van der Waals surface area contributed by atoms with E-state index in [9.17, 15) is 14.4 Å². The fourth-order valence-corrected chi connectivity index (χ4v) is 1.99. The molecule has 9 heteroatoms. The number of hydrogen-bond acceptors (Lipinski definition) is 9. The molecule has 0 bridgehead atoms. The van der Waals surface area contributed by atoms with E-state index in [-0.39, 0.29) is 16.7 Å². The molecule has 9 nitrogen and oxygen atoms in total. The van der Waals surface area contributed by atoms with Crippen LogP contribution in [0.2, 0.25) is 0 Å². The summed E-state index contributed by atoms with van der Waals surface area (Å²) in [5.41, 5.74) is 0.0776. The minimum atomic E-state index is -0.740. The van der Waals surface area contributed by atoms with E-state index >= 15 is 0 Å². The number of ether oxygens (including phenoxy) is 3. The Hall–Kier alpha value is -2.49. The van der Waals surface area contributed by atoms with Crippen LogP contribution in [0.5, 0.6) is 0 Å². The number of carbonyl (C=O) groups excluding carboxylic acids is 3. The van der Waals surface area contributed by atoms with Crippen molar-refractivity contribution in [3.05, 3.63) is 34.9 Å². The van der Waals surface area contributed by atoms with Crippen LogP contribution in [0.1, 0.15) is 51.8 Å². The highest BCUT2D eigenvalue weighted by Crippen LogP contribution is 2.18. The van der Waals surface area contributed by atoms with Crippen LogP contribution in [-0.4, -0.2) is 93.6 Å². The van der Waals surface area contributed by atoms with Crippen LogP contribution >= 0.6 is 0 Å². The van der Waals surface area contributed by atoms with Crippen molar-refractivity contribution in [2.45, 2.75) is 39.5 Å². The second-order valence-electron chi connectivity index (χ2n) is 7.67. The zero-order valence-corrected chi connectivity index (χ0v) is 19.3. The van der Waals surface area contributed by atoms with E-state index in [0.29, 0.717) is 0 Å². The number of nitrogens with zero attached hydrogens (tertiary/aromatic N) is 3. The molecule has 0 saturated carbocycles. The fraction of sp³-hybridized carbons (Fsp3) is 0.571. The van der Waals surface area contributed by atoms with E-state index in [4.69, 9.17) is 14.2 Å². The van der Waals surface area contributed by atoms with Crippen molar-refractivity contribution < 1.29 is 28.6 Å². The number of hydrogen-bond donors (Lipinski definition) is 0. The Labute approximate surface area is 178 Å². The molecule has 3 atom stereocenters. The van der Waals surface area contributed by atoms with Crippen molar-refractivity contribution in [1.82, 2.24) is 14.7 Å². The van der Waals surface area contributed by atoms with Gasteiger partial charge in [-0.1, -0.05) is 0 Å². The average Bonchev–Trinajstić information content (AvgIpc) is 2.66. The Bertz CT molecular complexity index is 763. The van der Waals surface area contributed by atoms with Crippen LogP contribution in [0.25, 0.3) is 0 Å². The third-order valence-electron chi connectivity index (χ3n) is 4.71. The summed E-state index contributed by atoms with van der Waals surface area (Å²) in [7, 11) is 10.6. The maximum Gasteiger partial charge on any atom is 0.340 e. The molecule has 0 radical (unpaired) electrons. The second-order valence-corrected chi connectivity index (χ2v) is 7.67. The predicted octanol–water partition coefficient (Wildman–Crippen LogP) is 1.88. The Balaban J connectivity index is 3.28. The van der Waals surface area contributed by atoms with Gasteiger partial charge in [0.05, 0.1) is 16.7 Å². The number of carbonyl (C=O) groups is 3. The molecule has 0 fully saturated rings. The first-order valence-corrected chi connectivity index (χ1v) is 9.61. The minimum absolute atomic E-state index is 0.0110. The number of rotatable bonds is 9. The van der Waals surface area contributed by atoms with E-state index in [2.05, 4.69) is 0 Å². The third kappa shape index (κ3) is 7.08. The molecule has 30 heavy (non-hydrogen) atoms. The molecular weight excluding hydrogens is 390 g/mol. The predicted molar refractivity (Wildman–Crippen MR) is 112 cm³/mol. The summed E-state index contributed by atoms with van der Waals surface area (Å²) in [5, 5.41) is 0. The van der Waals surface area contributed by atoms with Crippen LogP contribution in [-0.2, 0) is 14.2 Å². The molecule has 3 unspecified atom stereocenters. The molecule has 0 aliphatic rings. The van der Waals surface area contributed by atoms with Gasteiger partial charge in [0.15, 0.2) is 18.7 Å². The van der Waals surface area contributed by atoms with Crippen molar-refractivity contribution in [3.63, 3.8) is 0 Å². The van der Waals surface area contributed by atoms with Gasteiger partial charge < -0.3 is 14.2 Å². The van der Waals surface area contributed by atoms with Gasteiger partial charge in [0.25, 0.3) is 0 Å². The highest BCUT2D eigenvalue weighted by atomic mass is 16.6. The van der Waals surface area contributed by atoms with Gasteiger partial charge in [-0.2, -0.15) is 0 Å². The largest absolute Gasteiger partial charge is 0.443 e. The quantitative estimate of drug-likeness (QED) is 0.335. The summed E-state index contributed by atoms with van der Waals surface area (Å²) >= 11 is 0. The number of esters is 3. The standard InChI is InChI=1S/C21H33N3O6/c1-13(22(4)5)28-19(25)16-10-11-17(20(26)29-14(2)23(6)7)18(12-16)21(27)30-15(3)24(8)9/h10-15H,1-9H3. The molecule has 1 rings (SSSR count). The molecule has 0 heterocycles. The molecule has 0 saturated heterocycles. The van der Waals surface area contributed by atoms with Gasteiger partial charge in [0.2, 0.25) is 0 Å². The van der Waals surface area contributed by atoms with Gasteiger partial charge >= 0.3 is 17.9 Å². The molecule has 0 amide bonds. The molecule has 0 aliphatic carbocycles. The van der Waals surface area contributed by atoms with E-state index in [1.165, 1.54) is 18.2 Å². The maximum atomic E-state index is 12.8. The number of benzene rings is 1. The van der Waals surface area contributed by atoms with Gasteiger partial charge in [-0.15, -0.1) is 0 Å². The Morgan fingerprint density at radius 3 is 1.40 bits per heavy atom. The molecule has 1 aromatic rings.